The maximum absolute atomic E-state index is 11.4. The highest BCUT2D eigenvalue weighted by Gasteiger charge is 2.27. The largest absolute Gasteiger partial charge is 0.480 e. The van der Waals surface area contributed by atoms with E-state index in [1.165, 1.54) is 0 Å². The van der Waals surface area contributed by atoms with E-state index in [1.54, 1.807) is 19.0 Å². The van der Waals surface area contributed by atoms with E-state index >= 15 is 0 Å². The Morgan fingerprint density at radius 2 is 1.94 bits per heavy atom. The molecule has 0 aliphatic carbocycles. The van der Waals surface area contributed by atoms with Gasteiger partial charge in [0.2, 0.25) is 0 Å². The fourth-order valence-corrected chi connectivity index (χ4v) is 1.44. The molecule has 0 saturated heterocycles. The van der Waals surface area contributed by atoms with Gasteiger partial charge in [0.05, 0.1) is 0 Å². The molecule has 0 aromatic heterocycles. The predicted octanol–water partition coefficient (Wildman–Crippen LogP) is -0.722. The van der Waals surface area contributed by atoms with Crippen molar-refractivity contribution in [3.05, 3.63) is 0 Å². The summed E-state index contributed by atoms with van der Waals surface area (Å²) in [5.74, 6) is -1.77. The summed E-state index contributed by atoms with van der Waals surface area (Å²) in [6.45, 7) is 1.49. The quantitative estimate of drug-likeness (QED) is 0.539. The number of hydrogen-bond acceptors (Lipinski definition) is 4. The smallest absolute Gasteiger partial charge is 0.322 e. The maximum Gasteiger partial charge on any atom is 0.322 e. The summed E-state index contributed by atoms with van der Waals surface area (Å²) in [5, 5.41) is 20.3. The molecule has 0 heterocycles. The van der Waals surface area contributed by atoms with Crippen LogP contribution in [0, 0.1) is 0 Å². The highest BCUT2D eigenvalue weighted by molar-refractivity contribution is 5.84. The van der Waals surface area contributed by atoms with Crippen molar-refractivity contribution in [1.82, 2.24) is 10.2 Å². The van der Waals surface area contributed by atoms with Crippen LogP contribution in [0.5, 0.6) is 0 Å². The van der Waals surface area contributed by atoms with Crippen molar-refractivity contribution < 1.29 is 19.8 Å². The van der Waals surface area contributed by atoms with Crippen LogP contribution < -0.4 is 5.32 Å². The van der Waals surface area contributed by atoms with Crippen LogP contribution in [-0.2, 0) is 9.59 Å². The number of aliphatic hydroxyl groups excluding tert-OH is 1. The lowest BCUT2D eigenvalue weighted by molar-refractivity contribution is -0.140. The Hall–Kier alpha value is -1.14. The van der Waals surface area contributed by atoms with Crippen LogP contribution in [0.4, 0.5) is 0 Å². The first-order valence-corrected chi connectivity index (χ1v) is 5.24. The van der Waals surface area contributed by atoms with Crippen LogP contribution >= 0.6 is 0 Å². The van der Waals surface area contributed by atoms with Gasteiger partial charge < -0.3 is 20.4 Å². The molecule has 0 aliphatic heterocycles. The van der Waals surface area contributed by atoms with Crippen LogP contribution in [0.15, 0.2) is 0 Å². The second-order valence-corrected chi connectivity index (χ2v) is 3.88. The van der Waals surface area contributed by atoms with Crippen molar-refractivity contribution in [1.29, 1.82) is 0 Å². The molecule has 0 aliphatic rings. The highest BCUT2D eigenvalue weighted by Crippen LogP contribution is 2.08. The van der Waals surface area contributed by atoms with Gasteiger partial charge in [-0.05, 0) is 20.5 Å². The molecule has 0 rings (SSSR count). The average Bonchev–Trinajstić information content (AvgIpc) is 2.20. The minimum Gasteiger partial charge on any atom is -0.480 e. The number of likely N-dealkylation sites (N-methyl/N-ethyl adjacent to an activating group) is 1. The average molecular weight is 232 g/mol. The molecule has 94 valence electrons. The second kappa shape index (κ2) is 7.19. The lowest BCUT2D eigenvalue weighted by atomic mass is 10.0. The van der Waals surface area contributed by atoms with Gasteiger partial charge >= 0.3 is 5.97 Å². The van der Waals surface area contributed by atoms with E-state index in [9.17, 15) is 14.7 Å². The minimum absolute atomic E-state index is 0.293. The minimum atomic E-state index is -1.20. The summed E-state index contributed by atoms with van der Waals surface area (Å²) in [4.78, 5) is 23.4. The molecule has 16 heavy (non-hydrogen) atoms. The Balaban J connectivity index is 4.30. The zero-order valence-corrected chi connectivity index (χ0v) is 9.93. The third-order valence-corrected chi connectivity index (χ3v) is 2.29. The summed E-state index contributed by atoms with van der Waals surface area (Å²) >= 11 is 0. The number of nitrogens with zero attached hydrogens (tertiary/aromatic N) is 1. The van der Waals surface area contributed by atoms with E-state index in [1.807, 2.05) is 6.92 Å². The summed E-state index contributed by atoms with van der Waals surface area (Å²) in [6.07, 6.45) is 0.315. The molecule has 1 amide bonds. The van der Waals surface area contributed by atoms with Gasteiger partial charge in [-0.3, -0.25) is 9.59 Å². The van der Waals surface area contributed by atoms with Gasteiger partial charge in [-0.25, -0.2) is 0 Å². The zero-order valence-electron chi connectivity index (χ0n) is 9.93. The number of nitrogens with one attached hydrogen (secondary N) is 1. The predicted molar refractivity (Wildman–Crippen MR) is 59.0 cm³/mol. The van der Waals surface area contributed by atoms with Crippen molar-refractivity contribution in [2.75, 3.05) is 20.6 Å². The summed E-state index contributed by atoms with van der Waals surface area (Å²) in [6, 6.07) is -0.293. The topological polar surface area (TPSA) is 89.9 Å². The van der Waals surface area contributed by atoms with Gasteiger partial charge in [0.25, 0.3) is 5.91 Å². The van der Waals surface area contributed by atoms with Crippen molar-refractivity contribution in [2.24, 2.45) is 0 Å². The normalized spacial score (nSPS) is 14.6. The maximum atomic E-state index is 11.4. The van der Waals surface area contributed by atoms with Crippen LogP contribution in [0.25, 0.3) is 0 Å². The molecule has 2 atom stereocenters. The number of carboxylic acids is 1. The Morgan fingerprint density at radius 1 is 1.38 bits per heavy atom. The number of hydrogen-bond donors (Lipinski definition) is 3. The van der Waals surface area contributed by atoms with Gasteiger partial charge in [0.1, 0.15) is 12.6 Å². The Kier molecular flexibility index (Phi) is 6.67. The first-order chi connectivity index (χ1) is 7.40. The van der Waals surface area contributed by atoms with E-state index in [-0.39, 0.29) is 6.04 Å². The van der Waals surface area contributed by atoms with Gasteiger partial charge in [-0.1, -0.05) is 13.3 Å². The van der Waals surface area contributed by atoms with Gasteiger partial charge in [-0.2, -0.15) is 0 Å². The van der Waals surface area contributed by atoms with E-state index in [4.69, 9.17) is 5.11 Å². The van der Waals surface area contributed by atoms with E-state index in [0.717, 1.165) is 6.42 Å². The summed E-state index contributed by atoms with van der Waals surface area (Å²) in [7, 11) is 3.54. The van der Waals surface area contributed by atoms with E-state index in [2.05, 4.69) is 5.32 Å². The number of rotatable bonds is 7. The van der Waals surface area contributed by atoms with Crippen molar-refractivity contribution in [2.45, 2.75) is 31.9 Å². The zero-order chi connectivity index (χ0) is 12.7. The molecule has 3 N–H and O–H groups in total. The number of aliphatic carboxylic acids is 1. The number of amides is 1. The SMILES string of the molecule is CCCC(C(O)C(=O)NCC(=O)O)N(C)C. The van der Waals surface area contributed by atoms with Gasteiger partial charge in [-0.15, -0.1) is 0 Å². The molecule has 6 nitrogen and oxygen atoms in total. The fraction of sp³-hybridized carbons (Fsp3) is 0.800. The molecular formula is C10H20N2O4. The fourth-order valence-electron chi connectivity index (χ4n) is 1.44. The second-order valence-electron chi connectivity index (χ2n) is 3.88. The van der Waals surface area contributed by atoms with Crippen LogP contribution in [-0.4, -0.2) is 59.8 Å². The first kappa shape index (κ1) is 14.9. The monoisotopic (exact) mass is 232 g/mol. The molecule has 6 heteroatoms. The molecule has 0 aromatic carbocycles. The molecule has 0 bridgehead atoms. The van der Waals surface area contributed by atoms with Gasteiger partial charge in [0, 0.05) is 6.04 Å². The lowest BCUT2D eigenvalue weighted by Crippen LogP contribution is -2.49. The van der Waals surface area contributed by atoms with Crippen molar-refractivity contribution >= 4 is 11.9 Å². The Labute approximate surface area is 95.2 Å². The molecule has 0 saturated carbocycles. The third kappa shape index (κ3) is 5.09. The summed E-state index contributed by atoms with van der Waals surface area (Å²) < 4.78 is 0. The van der Waals surface area contributed by atoms with Crippen LogP contribution in [0.2, 0.25) is 0 Å². The molecule has 0 aromatic rings. The van der Waals surface area contributed by atoms with E-state index < -0.39 is 24.5 Å². The van der Waals surface area contributed by atoms with Gasteiger partial charge in [0.15, 0.2) is 0 Å². The van der Waals surface area contributed by atoms with Crippen molar-refractivity contribution in [3.8, 4) is 0 Å². The van der Waals surface area contributed by atoms with Crippen molar-refractivity contribution in [3.63, 3.8) is 0 Å². The number of aliphatic hydroxyl groups is 1. The summed E-state index contributed by atoms with van der Waals surface area (Å²) in [5.41, 5.74) is 0. The Morgan fingerprint density at radius 3 is 2.31 bits per heavy atom. The third-order valence-electron chi connectivity index (χ3n) is 2.29. The Bertz CT molecular complexity index is 243. The lowest BCUT2D eigenvalue weighted by Gasteiger charge is -2.27. The molecule has 0 radical (unpaired) electrons. The van der Waals surface area contributed by atoms with Crippen LogP contribution in [0.3, 0.4) is 0 Å². The first-order valence-electron chi connectivity index (χ1n) is 5.24. The number of carbonyl (C=O) groups excluding carboxylic acids is 1. The molecule has 0 fully saturated rings. The van der Waals surface area contributed by atoms with E-state index in [0.29, 0.717) is 6.42 Å². The molecule has 2 unspecified atom stereocenters. The number of carbonyl (C=O) groups is 2. The number of carboxylic acid groups (broad SMARTS) is 1. The highest BCUT2D eigenvalue weighted by atomic mass is 16.4. The standard InChI is InChI=1S/C10H20N2O4/c1-4-5-7(12(2)3)9(15)10(16)11-6-8(13)14/h7,9,15H,4-6H2,1-3H3,(H,11,16)(H,13,14). The molecular weight excluding hydrogens is 212 g/mol. The van der Waals surface area contributed by atoms with Crippen LogP contribution in [0.1, 0.15) is 19.8 Å². The molecule has 0 spiro atoms.